The molecule has 0 spiro atoms. The summed E-state index contributed by atoms with van der Waals surface area (Å²) in [4.78, 5) is 11.9. The second-order valence-electron chi connectivity index (χ2n) is 5.75. The summed E-state index contributed by atoms with van der Waals surface area (Å²) in [5.41, 5.74) is 1.76. The molecule has 0 aromatic heterocycles. The molecule has 0 bridgehead atoms. The van der Waals surface area contributed by atoms with Crippen LogP contribution in [0.2, 0.25) is 0 Å². The largest absolute Gasteiger partial charge is 0.392 e. The van der Waals surface area contributed by atoms with E-state index in [1.165, 1.54) is 32.1 Å². The molecule has 0 radical (unpaired) electrons. The van der Waals surface area contributed by atoms with Crippen molar-refractivity contribution in [2.45, 2.75) is 51.6 Å². The molecule has 0 heterocycles. The Morgan fingerprint density at radius 3 is 2.55 bits per heavy atom. The van der Waals surface area contributed by atoms with Gasteiger partial charge in [0, 0.05) is 6.54 Å². The standard InChI is InChI=1S/C17H25NO2/c19-13-16-9-5-4-8-15(16)12-17(20)18-11-10-14-6-2-1-3-7-14/h4-5,8-9,14,19H,1-3,6-7,10-13H2,(H,18,20). The first kappa shape index (κ1) is 15.0. The SMILES string of the molecule is O=C(Cc1ccccc1CO)NCCC1CCCCC1. The minimum Gasteiger partial charge on any atom is -0.392 e. The molecule has 20 heavy (non-hydrogen) atoms. The molecule has 3 heteroatoms. The van der Waals surface area contributed by atoms with Crippen LogP contribution in [0.5, 0.6) is 0 Å². The van der Waals surface area contributed by atoms with Gasteiger partial charge in [-0.3, -0.25) is 4.79 Å². The third-order valence-electron chi connectivity index (χ3n) is 4.24. The molecule has 1 fully saturated rings. The van der Waals surface area contributed by atoms with Gasteiger partial charge < -0.3 is 10.4 Å². The van der Waals surface area contributed by atoms with E-state index in [4.69, 9.17) is 0 Å². The van der Waals surface area contributed by atoms with E-state index in [9.17, 15) is 9.90 Å². The fourth-order valence-corrected chi connectivity index (χ4v) is 3.01. The molecule has 1 aromatic rings. The van der Waals surface area contributed by atoms with Crippen LogP contribution in [0.4, 0.5) is 0 Å². The van der Waals surface area contributed by atoms with Crippen molar-refractivity contribution >= 4 is 5.91 Å². The topological polar surface area (TPSA) is 49.3 Å². The predicted molar refractivity (Wildman–Crippen MR) is 80.3 cm³/mol. The highest BCUT2D eigenvalue weighted by molar-refractivity contribution is 5.78. The molecule has 0 atom stereocenters. The van der Waals surface area contributed by atoms with Crippen molar-refractivity contribution in [3.63, 3.8) is 0 Å². The highest BCUT2D eigenvalue weighted by Crippen LogP contribution is 2.25. The predicted octanol–water partition coefficient (Wildman–Crippen LogP) is 2.81. The molecule has 1 aromatic carbocycles. The summed E-state index contributed by atoms with van der Waals surface area (Å²) in [6.45, 7) is 0.774. The number of carbonyl (C=O) groups excluding carboxylic acids is 1. The van der Waals surface area contributed by atoms with Gasteiger partial charge in [-0.2, -0.15) is 0 Å². The van der Waals surface area contributed by atoms with Gasteiger partial charge in [-0.15, -0.1) is 0 Å². The van der Waals surface area contributed by atoms with Crippen LogP contribution < -0.4 is 5.32 Å². The Labute approximate surface area is 121 Å². The molecule has 2 rings (SSSR count). The normalized spacial score (nSPS) is 16.1. The summed E-state index contributed by atoms with van der Waals surface area (Å²) in [6, 6.07) is 7.57. The van der Waals surface area contributed by atoms with Crippen LogP contribution >= 0.6 is 0 Å². The van der Waals surface area contributed by atoms with Gasteiger partial charge in [0.15, 0.2) is 0 Å². The average molecular weight is 275 g/mol. The molecule has 0 saturated heterocycles. The minimum atomic E-state index is -0.00841. The maximum Gasteiger partial charge on any atom is 0.224 e. The number of nitrogens with one attached hydrogen (secondary N) is 1. The number of carbonyl (C=O) groups is 1. The summed E-state index contributed by atoms with van der Waals surface area (Å²) in [5.74, 6) is 0.857. The third kappa shape index (κ3) is 4.64. The number of aliphatic hydroxyl groups excluding tert-OH is 1. The lowest BCUT2D eigenvalue weighted by Crippen LogP contribution is -2.28. The number of benzene rings is 1. The number of amides is 1. The minimum absolute atomic E-state index is 0.00841. The van der Waals surface area contributed by atoms with Crippen molar-refractivity contribution in [2.24, 2.45) is 5.92 Å². The molecule has 1 aliphatic rings. The number of hydrogen-bond donors (Lipinski definition) is 2. The van der Waals surface area contributed by atoms with Gasteiger partial charge in [-0.05, 0) is 23.5 Å². The van der Waals surface area contributed by atoms with Gasteiger partial charge >= 0.3 is 0 Å². The molecule has 0 aliphatic heterocycles. The highest BCUT2D eigenvalue weighted by Gasteiger charge is 2.13. The van der Waals surface area contributed by atoms with Gasteiger partial charge in [0.2, 0.25) is 5.91 Å². The van der Waals surface area contributed by atoms with Gasteiger partial charge in [0.25, 0.3) is 0 Å². The second kappa shape index (κ2) is 8.05. The molecule has 1 aliphatic carbocycles. The van der Waals surface area contributed by atoms with E-state index in [1.54, 1.807) is 0 Å². The Kier molecular flexibility index (Phi) is 6.06. The average Bonchev–Trinajstić information content (AvgIpc) is 2.49. The van der Waals surface area contributed by atoms with Crippen molar-refractivity contribution in [3.05, 3.63) is 35.4 Å². The zero-order valence-corrected chi connectivity index (χ0v) is 12.1. The van der Waals surface area contributed by atoms with E-state index in [0.717, 1.165) is 30.0 Å². The summed E-state index contributed by atoms with van der Waals surface area (Å²) >= 11 is 0. The monoisotopic (exact) mass is 275 g/mol. The Balaban J connectivity index is 1.72. The number of hydrogen-bond acceptors (Lipinski definition) is 2. The molecular weight excluding hydrogens is 250 g/mol. The first-order valence-corrected chi connectivity index (χ1v) is 7.74. The number of rotatable bonds is 6. The third-order valence-corrected chi connectivity index (χ3v) is 4.24. The van der Waals surface area contributed by atoms with E-state index >= 15 is 0 Å². The van der Waals surface area contributed by atoms with Crippen LogP contribution in [0.1, 0.15) is 49.7 Å². The van der Waals surface area contributed by atoms with Gasteiger partial charge in [0.05, 0.1) is 13.0 Å². The lowest BCUT2D eigenvalue weighted by Gasteiger charge is -2.21. The van der Waals surface area contributed by atoms with Crippen LogP contribution in [0.15, 0.2) is 24.3 Å². The Morgan fingerprint density at radius 2 is 1.85 bits per heavy atom. The Bertz CT molecular complexity index is 425. The Hall–Kier alpha value is -1.35. The van der Waals surface area contributed by atoms with Crippen LogP contribution in [0.3, 0.4) is 0 Å². The van der Waals surface area contributed by atoms with Crippen molar-refractivity contribution in [1.29, 1.82) is 0 Å². The van der Waals surface area contributed by atoms with E-state index in [-0.39, 0.29) is 12.5 Å². The van der Waals surface area contributed by atoms with Gasteiger partial charge in [-0.25, -0.2) is 0 Å². The van der Waals surface area contributed by atoms with Crippen molar-refractivity contribution < 1.29 is 9.90 Å². The van der Waals surface area contributed by atoms with Gasteiger partial charge in [-0.1, -0.05) is 56.4 Å². The lowest BCUT2D eigenvalue weighted by molar-refractivity contribution is -0.120. The second-order valence-corrected chi connectivity index (χ2v) is 5.75. The van der Waals surface area contributed by atoms with Crippen LogP contribution in [-0.4, -0.2) is 17.6 Å². The van der Waals surface area contributed by atoms with E-state index in [1.807, 2.05) is 24.3 Å². The van der Waals surface area contributed by atoms with E-state index in [0.29, 0.717) is 6.42 Å². The zero-order chi connectivity index (χ0) is 14.2. The molecule has 110 valence electrons. The van der Waals surface area contributed by atoms with Crippen LogP contribution in [-0.2, 0) is 17.8 Å². The van der Waals surface area contributed by atoms with Gasteiger partial charge in [0.1, 0.15) is 0 Å². The maximum absolute atomic E-state index is 11.9. The van der Waals surface area contributed by atoms with Crippen molar-refractivity contribution in [2.75, 3.05) is 6.54 Å². The number of aliphatic hydroxyl groups is 1. The molecule has 2 N–H and O–H groups in total. The quantitative estimate of drug-likeness (QED) is 0.838. The summed E-state index contributed by atoms with van der Waals surface area (Å²) in [5, 5.41) is 12.3. The summed E-state index contributed by atoms with van der Waals surface area (Å²) < 4.78 is 0. The van der Waals surface area contributed by atoms with Crippen LogP contribution in [0, 0.1) is 5.92 Å². The lowest BCUT2D eigenvalue weighted by atomic mass is 9.87. The molecule has 3 nitrogen and oxygen atoms in total. The molecular formula is C17H25NO2. The maximum atomic E-state index is 11.9. The smallest absolute Gasteiger partial charge is 0.224 e. The van der Waals surface area contributed by atoms with Crippen molar-refractivity contribution in [1.82, 2.24) is 5.32 Å². The molecule has 0 unspecified atom stereocenters. The highest BCUT2D eigenvalue weighted by atomic mass is 16.3. The van der Waals surface area contributed by atoms with E-state index in [2.05, 4.69) is 5.32 Å². The molecule has 1 amide bonds. The fourth-order valence-electron chi connectivity index (χ4n) is 3.01. The summed E-state index contributed by atoms with van der Waals surface area (Å²) in [6.07, 6.45) is 8.19. The first-order valence-electron chi connectivity index (χ1n) is 7.74. The molecule has 1 saturated carbocycles. The van der Waals surface area contributed by atoms with Crippen molar-refractivity contribution in [3.8, 4) is 0 Å². The van der Waals surface area contributed by atoms with Crippen LogP contribution in [0.25, 0.3) is 0 Å². The fraction of sp³-hybridized carbons (Fsp3) is 0.588. The first-order chi connectivity index (χ1) is 9.79. The summed E-state index contributed by atoms with van der Waals surface area (Å²) in [7, 11) is 0. The van der Waals surface area contributed by atoms with E-state index < -0.39 is 0 Å². The Morgan fingerprint density at radius 1 is 1.15 bits per heavy atom. The zero-order valence-electron chi connectivity index (χ0n) is 12.1.